The Morgan fingerprint density at radius 1 is 1.40 bits per heavy atom. The van der Waals surface area contributed by atoms with Gasteiger partial charge in [-0.15, -0.1) is 0 Å². The number of hydrogen-bond acceptors (Lipinski definition) is 4. The maximum Gasteiger partial charge on any atom is 0.322 e. The molecule has 0 aliphatic carbocycles. The number of ether oxygens (including phenoxy) is 1. The van der Waals surface area contributed by atoms with Gasteiger partial charge in [-0.3, -0.25) is 4.79 Å². The van der Waals surface area contributed by atoms with E-state index in [2.05, 4.69) is 0 Å². The molecular weight excluding hydrogens is 196 g/mol. The van der Waals surface area contributed by atoms with Crippen molar-refractivity contribution in [3.05, 3.63) is 29.8 Å². The summed E-state index contributed by atoms with van der Waals surface area (Å²) < 4.78 is 5.07. The molecule has 0 spiro atoms. The van der Waals surface area contributed by atoms with Crippen LogP contribution in [-0.4, -0.2) is 24.2 Å². The zero-order valence-corrected chi connectivity index (χ0v) is 8.38. The second kappa shape index (κ2) is 4.77. The first-order valence-electron chi connectivity index (χ1n) is 4.44. The van der Waals surface area contributed by atoms with Crippen molar-refractivity contribution in [2.24, 2.45) is 11.5 Å². The molecule has 1 rings (SSSR count). The Kier molecular flexibility index (Phi) is 3.65. The lowest BCUT2D eigenvalue weighted by atomic mass is 10.00. The van der Waals surface area contributed by atoms with Crippen LogP contribution in [0.5, 0.6) is 5.75 Å². The van der Waals surface area contributed by atoms with Gasteiger partial charge < -0.3 is 21.3 Å². The number of aliphatic carboxylic acids is 1. The largest absolute Gasteiger partial charge is 0.496 e. The number of nitrogens with two attached hydrogens (primary N) is 2. The minimum Gasteiger partial charge on any atom is -0.496 e. The van der Waals surface area contributed by atoms with E-state index in [1.165, 1.54) is 7.11 Å². The van der Waals surface area contributed by atoms with Gasteiger partial charge in [0, 0.05) is 5.56 Å². The molecule has 0 saturated heterocycles. The van der Waals surface area contributed by atoms with Crippen LogP contribution in [0.1, 0.15) is 11.6 Å². The van der Waals surface area contributed by atoms with Crippen LogP contribution in [0.25, 0.3) is 0 Å². The Bertz CT molecular complexity index is 354. The van der Waals surface area contributed by atoms with Crippen LogP contribution < -0.4 is 16.2 Å². The van der Waals surface area contributed by atoms with Gasteiger partial charge in [-0.1, -0.05) is 18.2 Å². The van der Waals surface area contributed by atoms with Crippen molar-refractivity contribution < 1.29 is 14.6 Å². The average molecular weight is 210 g/mol. The summed E-state index contributed by atoms with van der Waals surface area (Å²) in [4.78, 5) is 10.7. The highest BCUT2D eigenvalue weighted by molar-refractivity contribution is 5.74. The van der Waals surface area contributed by atoms with E-state index < -0.39 is 18.1 Å². The molecule has 5 heteroatoms. The van der Waals surface area contributed by atoms with E-state index in [0.29, 0.717) is 11.3 Å². The first-order chi connectivity index (χ1) is 7.07. The summed E-state index contributed by atoms with van der Waals surface area (Å²) in [6.07, 6.45) is 0. The second-order valence-electron chi connectivity index (χ2n) is 3.13. The Morgan fingerprint density at radius 3 is 2.53 bits per heavy atom. The molecule has 15 heavy (non-hydrogen) atoms. The Hall–Kier alpha value is -1.59. The zero-order chi connectivity index (χ0) is 11.4. The fourth-order valence-electron chi connectivity index (χ4n) is 1.29. The fraction of sp³-hybridized carbons (Fsp3) is 0.300. The van der Waals surface area contributed by atoms with Crippen molar-refractivity contribution in [1.29, 1.82) is 0 Å². The summed E-state index contributed by atoms with van der Waals surface area (Å²) in [5.41, 5.74) is 11.8. The first-order valence-corrected chi connectivity index (χ1v) is 4.44. The van der Waals surface area contributed by atoms with Crippen LogP contribution in [0.4, 0.5) is 0 Å². The molecule has 82 valence electrons. The number of rotatable bonds is 4. The molecule has 5 N–H and O–H groups in total. The number of carboxylic acid groups (broad SMARTS) is 1. The minimum absolute atomic E-state index is 0.543. The lowest BCUT2D eigenvalue weighted by Gasteiger charge is -2.18. The van der Waals surface area contributed by atoms with E-state index in [4.69, 9.17) is 21.3 Å². The van der Waals surface area contributed by atoms with Gasteiger partial charge in [-0.2, -0.15) is 0 Å². The summed E-state index contributed by atoms with van der Waals surface area (Å²) in [5.74, 6) is -0.588. The molecule has 2 unspecified atom stereocenters. The summed E-state index contributed by atoms with van der Waals surface area (Å²) >= 11 is 0. The quantitative estimate of drug-likeness (QED) is 0.655. The van der Waals surface area contributed by atoms with Crippen LogP contribution in [0.15, 0.2) is 24.3 Å². The standard InChI is InChI=1S/C10H14N2O3/c1-15-7-5-3-2-4-6(7)8(11)9(12)10(13)14/h2-5,8-9H,11-12H2,1H3,(H,13,14). The normalized spacial score (nSPS) is 14.3. The summed E-state index contributed by atoms with van der Waals surface area (Å²) in [6, 6.07) is 5.03. The summed E-state index contributed by atoms with van der Waals surface area (Å²) in [6.45, 7) is 0. The smallest absolute Gasteiger partial charge is 0.322 e. The number of carboxylic acids is 1. The molecule has 0 radical (unpaired) electrons. The van der Waals surface area contributed by atoms with Gasteiger partial charge in [-0.25, -0.2) is 0 Å². The number of para-hydroxylation sites is 1. The van der Waals surface area contributed by atoms with E-state index in [0.717, 1.165) is 0 Å². The number of methoxy groups -OCH3 is 1. The van der Waals surface area contributed by atoms with Gasteiger partial charge >= 0.3 is 5.97 Å². The van der Waals surface area contributed by atoms with Gasteiger partial charge in [0.1, 0.15) is 11.8 Å². The van der Waals surface area contributed by atoms with E-state index in [-0.39, 0.29) is 0 Å². The summed E-state index contributed by atoms with van der Waals surface area (Å²) in [7, 11) is 1.50. The maximum absolute atomic E-state index is 10.7. The number of hydrogen-bond donors (Lipinski definition) is 3. The molecule has 0 aliphatic heterocycles. The molecule has 0 heterocycles. The lowest BCUT2D eigenvalue weighted by Crippen LogP contribution is -2.40. The number of carbonyl (C=O) groups is 1. The van der Waals surface area contributed by atoms with Gasteiger partial charge in [0.05, 0.1) is 13.2 Å². The fourth-order valence-corrected chi connectivity index (χ4v) is 1.29. The van der Waals surface area contributed by atoms with Crippen LogP contribution in [0.3, 0.4) is 0 Å². The first kappa shape index (κ1) is 11.5. The molecule has 0 fully saturated rings. The molecular formula is C10H14N2O3. The molecule has 0 amide bonds. The molecule has 0 saturated carbocycles. The Balaban J connectivity index is 2.99. The highest BCUT2D eigenvalue weighted by Crippen LogP contribution is 2.24. The van der Waals surface area contributed by atoms with Crippen molar-refractivity contribution >= 4 is 5.97 Å². The van der Waals surface area contributed by atoms with Crippen LogP contribution in [0, 0.1) is 0 Å². The third-order valence-corrected chi connectivity index (χ3v) is 2.17. The van der Waals surface area contributed by atoms with Crippen molar-refractivity contribution in [2.45, 2.75) is 12.1 Å². The molecule has 5 nitrogen and oxygen atoms in total. The third-order valence-electron chi connectivity index (χ3n) is 2.17. The highest BCUT2D eigenvalue weighted by atomic mass is 16.5. The van der Waals surface area contributed by atoms with Crippen molar-refractivity contribution in [3.8, 4) is 5.75 Å². The minimum atomic E-state index is -1.14. The van der Waals surface area contributed by atoms with Crippen molar-refractivity contribution in [2.75, 3.05) is 7.11 Å². The molecule has 0 aromatic heterocycles. The van der Waals surface area contributed by atoms with Crippen LogP contribution in [-0.2, 0) is 4.79 Å². The van der Waals surface area contributed by atoms with Crippen LogP contribution >= 0.6 is 0 Å². The number of benzene rings is 1. The SMILES string of the molecule is COc1ccccc1C(N)C(N)C(=O)O. The van der Waals surface area contributed by atoms with Gasteiger partial charge in [0.25, 0.3) is 0 Å². The van der Waals surface area contributed by atoms with Crippen LogP contribution in [0.2, 0.25) is 0 Å². The molecule has 0 bridgehead atoms. The second-order valence-corrected chi connectivity index (χ2v) is 3.13. The molecule has 1 aromatic carbocycles. The van der Waals surface area contributed by atoms with E-state index in [1.807, 2.05) is 0 Å². The third kappa shape index (κ3) is 2.45. The predicted octanol–water partition coefficient (Wildman–Crippen LogP) is 0.107. The lowest BCUT2D eigenvalue weighted by molar-refractivity contribution is -0.139. The topological polar surface area (TPSA) is 98.6 Å². The van der Waals surface area contributed by atoms with Crippen molar-refractivity contribution in [3.63, 3.8) is 0 Å². The van der Waals surface area contributed by atoms with Gasteiger partial charge in [-0.05, 0) is 6.07 Å². The Labute approximate surface area is 87.6 Å². The average Bonchev–Trinajstić information content (AvgIpc) is 2.26. The molecule has 0 aliphatic rings. The highest BCUT2D eigenvalue weighted by Gasteiger charge is 2.24. The Morgan fingerprint density at radius 2 is 2.00 bits per heavy atom. The zero-order valence-electron chi connectivity index (χ0n) is 8.38. The molecule has 2 atom stereocenters. The van der Waals surface area contributed by atoms with E-state index in [9.17, 15) is 4.79 Å². The monoisotopic (exact) mass is 210 g/mol. The van der Waals surface area contributed by atoms with E-state index in [1.54, 1.807) is 24.3 Å². The summed E-state index contributed by atoms with van der Waals surface area (Å²) in [5, 5.41) is 8.73. The maximum atomic E-state index is 10.7. The van der Waals surface area contributed by atoms with Crippen molar-refractivity contribution in [1.82, 2.24) is 0 Å². The van der Waals surface area contributed by atoms with E-state index >= 15 is 0 Å². The van der Waals surface area contributed by atoms with Gasteiger partial charge in [0.15, 0.2) is 0 Å². The molecule has 1 aromatic rings. The van der Waals surface area contributed by atoms with Gasteiger partial charge in [0.2, 0.25) is 0 Å². The predicted molar refractivity (Wildman–Crippen MR) is 55.5 cm³/mol.